The van der Waals surface area contributed by atoms with E-state index in [-0.39, 0.29) is 11.9 Å². The highest BCUT2D eigenvalue weighted by atomic mass is 19.1. The van der Waals surface area contributed by atoms with Crippen molar-refractivity contribution in [3.8, 4) is 0 Å². The van der Waals surface area contributed by atoms with E-state index in [1.807, 2.05) is 6.07 Å². The van der Waals surface area contributed by atoms with Crippen molar-refractivity contribution in [1.29, 1.82) is 0 Å². The molecule has 0 bridgehead atoms. The van der Waals surface area contributed by atoms with Crippen LogP contribution in [0.2, 0.25) is 0 Å². The van der Waals surface area contributed by atoms with Gasteiger partial charge >= 0.3 is 0 Å². The van der Waals surface area contributed by atoms with Crippen LogP contribution in [0.25, 0.3) is 0 Å². The summed E-state index contributed by atoms with van der Waals surface area (Å²) in [6, 6.07) is 8.30. The molecule has 3 heteroatoms. The Kier molecular flexibility index (Phi) is 4.94. The molecule has 0 amide bonds. The van der Waals surface area contributed by atoms with E-state index in [2.05, 4.69) is 31.0 Å². The normalized spacial score (nSPS) is 19.8. The molecule has 2 rings (SSSR count). The van der Waals surface area contributed by atoms with Crippen molar-refractivity contribution >= 4 is 0 Å². The number of nitrogens with one attached hydrogen (secondary N) is 1. The third kappa shape index (κ3) is 4.02. The maximum absolute atomic E-state index is 13.2. The van der Waals surface area contributed by atoms with E-state index in [1.54, 1.807) is 12.1 Å². The average molecular weight is 264 g/mol. The van der Waals surface area contributed by atoms with Crippen LogP contribution in [0.3, 0.4) is 0 Å². The molecule has 0 aliphatic carbocycles. The Morgan fingerprint density at radius 1 is 1.21 bits per heavy atom. The van der Waals surface area contributed by atoms with Gasteiger partial charge in [0.15, 0.2) is 0 Å². The molecule has 1 aliphatic heterocycles. The fourth-order valence-electron chi connectivity index (χ4n) is 2.81. The molecule has 2 nitrogen and oxygen atoms in total. The molecular weight excluding hydrogens is 239 g/mol. The summed E-state index contributed by atoms with van der Waals surface area (Å²) in [7, 11) is 0. The number of hydrogen-bond donors (Lipinski definition) is 1. The molecule has 1 fully saturated rings. The van der Waals surface area contributed by atoms with E-state index < -0.39 is 0 Å². The Hall–Kier alpha value is -0.930. The van der Waals surface area contributed by atoms with Crippen LogP contribution in [0.15, 0.2) is 24.3 Å². The molecule has 1 aromatic rings. The highest BCUT2D eigenvalue weighted by Gasteiger charge is 2.22. The number of likely N-dealkylation sites (tertiary alicyclic amines) is 1. The Morgan fingerprint density at radius 3 is 2.47 bits per heavy atom. The summed E-state index contributed by atoms with van der Waals surface area (Å²) in [5, 5.41) is 3.63. The second-order valence-electron chi connectivity index (χ2n) is 5.85. The molecular formula is C16H25FN2. The first kappa shape index (κ1) is 14.5. The van der Waals surface area contributed by atoms with Gasteiger partial charge in [-0.2, -0.15) is 0 Å². The number of halogens is 1. The summed E-state index contributed by atoms with van der Waals surface area (Å²) in [6.07, 6.45) is 2.36. The predicted molar refractivity (Wildman–Crippen MR) is 77.7 cm³/mol. The largest absolute Gasteiger partial charge is 0.307 e. The van der Waals surface area contributed by atoms with Crippen LogP contribution in [0, 0.1) is 5.82 Å². The molecule has 106 valence electrons. The zero-order valence-corrected chi connectivity index (χ0v) is 12.2. The van der Waals surface area contributed by atoms with Gasteiger partial charge in [0.2, 0.25) is 0 Å². The quantitative estimate of drug-likeness (QED) is 0.897. The highest BCUT2D eigenvalue weighted by Crippen LogP contribution is 2.19. The summed E-state index contributed by atoms with van der Waals surface area (Å²) in [4.78, 5) is 2.52. The number of piperidine rings is 1. The predicted octanol–water partition coefficient (Wildman–Crippen LogP) is 3.35. The fourth-order valence-corrected chi connectivity index (χ4v) is 2.81. The number of hydrogen-bond acceptors (Lipinski definition) is 2. The SMILES string of the molecule is CC(C)N1CCC(N[C@H](C)c2cccc(F)c2)CC1. The lowest BCUT2D eigenvalue weighted by Crippen LogP contribution is -2.45. The molecule has 1 saturated heterocycles. The molecule has 0 saturated carbocycles. The first-order valence-electron chi connectivity index (χ1n) is 7.32. The van der Waals surface area contributed by atoms with Crippen molar-refractivity contribution in [3.63, 3.8) is 0 Å². The minimum atomic E-state index is -0.152. The van der Waals surface area contributed by atoms with Crippen LogP contribution in [0.5, 0.6) is 0 Å². The Bertz CT molecular complexity index is 397. The van der Waals surface area contributed by atoms with Gasteiger partial charge in [-0.3, -0.25) is 0 Å². The second kappa shape index (κ2) is 6.49. The second-order valence-corrected chi connectivity index (χ2v) is 5.85. The standard InChI is InChI=1S/C16H25FN2/c1-12(2)19-9-7-16(8-10-19)18-13(3)14-5-4-6-15(17)11-14/h4-6,11-13,16,18H,7-10H2,1-3H3/t13-/m1/s1. The average Bonchev–Trinajstić information content (AvgIpc) is 2.39. The maximum Gasteiger partial charge on any atom is 0.123 e. The van der Waals surface area contributed by atoms with Gasteiger partial charge in [0, 0.05) is 18.1 Å². The molecule has 0 unspecified atom stereocenters. The monoisotopic (exact) mass is 264 g/mol. The van der Waals surface area contributed by atoms with Crippen molar-refractivity contribution in [2.24, 2.45) is 0 Å². The van der Waals surface area contributed by atoms with Crippen LogP contribution in [-0.2, 0) is 0 Å². The van der Waals surface area contributed by atoms with Gasteiger partial charge in [0.05, 0.1) is 0 Å². The first-order chi connectivity index (χ1) is 9.06. The molecule has 1 atom stereocenters. The number of nitrogens with zero attached hydrogens (tertiary/aromatic N) is 1. The molecule has 1 aliphatic rings. The topological polar surface area (TPSA) is 15.3 Å². The first-order valence-corrected chi connectivity index (χ1v) is 7.32. The van der Waals surface area contributed by atoms with Crippen molar-refractivity contribution < 1.29 is 4.39 Å². The Labute approximate surface area is 116 Å². The lowest BCUT2D eigenvalue weighted by Gasteiger charge is -2.36. The van der Waals surface area contributed by atoms with Crippen LogP contribution in [0.1, 0.15) is 45.2 Å². The lowest BCUT2D eigenvalue weighted by atomic mass is 10.0. The van der Waals surface area contributed by atoms with Crippen LogP contribution in [0.4, 0.5) is 4.39 Å². The van der Waals surface area contributed by atoms with E-state index in [4.69, 9.17) is 0 Å². The highest BCUT2D eigenvalue weighted by molar-refractivity contribution is 5.19. The van der Waals surface area contributed by atoms with Crippen molar-refractivity contribution in [1.82, 2.24) is 10.2 Å². The molecule has 0 radical (unpaired) electrons. The van der Waals surface area contributed by atoms with Gasteiger partial charge in [-0.15, -0.1) is 0 Å². The van der Waals surface area contributed by atoms with E-state index in [0.29, 0.717) is 12.1 Å². The van der Waals surface area contributed by atoms with Crippen molar-refractivity contribution in [2.45, 2.75) is 51.7 Å². The molecule has 1 N–H and O–H groups in total. The van der Waals surface area contributed by atoms with Crippen LogP contribution in [-0.4, -0.2) is 30.1 Å². The third-order valence-corrected chi connectivity index (χ3v) is 4.09. The van der Waals surface area contributed by atoms with Gasteiger partial charge in [-0.1, -0.05) is 12.1 Å². The van der Waals surface area contributed by atoms with Gasteiger partial charge in [0.25, 0.3) is 0 Å². The number of rotatable bonds is 4. The molecule has 1 heterocycles. The molecule has 1 aromatic carbocycles. The smallest absolute Gasteiger partial charge is 0.123 e. The Morgan fingerprint density at radius 2 is 1.89 bits per heavy atom. The molecule has 0 spiro atoms. The molecule has 0 aromatic heterocycles. The lowest BCUT2D eigenvalue weighted by molar-refractivity contribution is 0.157. The third-order valence-electron chi connectivity index (χ3n) is 4.09. The maximum atomic E-state index is 13.2. The summed E-state index contributed by atoms with van der Waals surface area (Å²) in [6.45, 7) is 8.94. The number of benzene rings is 1. The minimum Gasteiger partial charge on any atom is -0.307 e. The van der Waals surface area contributed by atoms with E-state index in [0.717, 1.165) is 18.7 Å². The summed E-state index contributed by atoms with van der Waals surface area (Å²) >= 11 is 0. The zero-order chi connectivity index (χ0) is 13.8. The van der Waals surface area contributed by atoms with Gasteiger partial charge in [-0.05, 0) is 64.4 Å². The summed E-state index contributed by atoms with van der Waals surface area (Å²) in [5.74, 6) is -0.152. The summed E-state index contributed by atoms with van der Waals surface area (Å²) < 4.78 is 13.2. The summed E-state index contributed by atoms with van der Waals surface area (Å²) in [5.41, 5.74) is 1.03. The van der Waals surface area contributed by atoms with Gasteiger partial charge < -0.3 is 10.2 Å². The molecule has 19 heavy (non-hydrogen) atoms. The van der Waals surface area contributed by atoms with Gasteiger partial charge in [-0.25, -0.2) is 4.39 Å². The minimum absolute atomic E-state index is 0.152. The van der Waals surface area contributed by atoms with E-state index >= 15 is 0 Å². The van der Waals surface area contributed by atoms with Crippen LogP contribution < -0.4 is 5.32 Å². The van der Waals surface area contributed by atoms with E-state index in [9.17, 15) is 4.39 Å². The van der Waals surface area contributed by atoms with Crippen molar-refractivity contribution in [2.75, 3.05) is 13.1 Å². The Balaban J connectivity index is 1.85. The van der Waals surface area contributed by atoms with Gasteiger partial charge in [0.1, 0.15) is 5.82 Å². The zero-order valence-electron chi connectivity index (χ0n) is 12.2. The van der Waals surface area contributed by atoms with Crippen molar-refractivity contribution in [3.05, 3.63) is 35.6 Å². The fraction of sp³-hybridized carbons (Fsp3) is 0.625. The van der Waals surface area contributed by atoms with E-state index in [1.165, 1.54) is 18.9 Å². The van der Waals surface area contributed by atoms with Crippen LogP contribution >= 0.6 is 0 Å².